The van der Waals surface area contributed by atoms with Crippen molar-refractivity contribution in [2.75, 3.05) is 5.32 Å². The molecule has 0 unspecified atom stereocenters. The molecule has 0 spiro atoms. The number of para-hydroxylation sites is 1. The van der Waals surface area contributed by atoms with Crippen LogP contribution in [0.2, 0.25) is 0 Å². The normalized spacial score (nSPS) is 10.5. The van der Waals surface area contributed by atoms with Gasteiger partial charge < -0.3 is 11.1 Å². The van der Waals surface area contributed by atoms with Gasteiger partial charge in [-0.05, 0) is 25.1 Å². The smallest absolute Gasteiger partial charge is 0.275 e. The number of rotatable bonds is 4. The molecule has 3 aromatic rings. The maximum absolute atomic E-state index is 12.3. The summed E-state index contributed by atoms with van der Waals surface area (Å²) >= 11 is 3.05. The molecule has 23 heavy (non-hydrogen) atoms. The SMILES string of the molecule is Cc1cc(-c2nc(C(=O)Nc3ccccc3C(N)=O)cs2)cs1. The maximum Gasteiger partial charge on any atom is 0.275 e. The van der Waals surface area contributed by atoms with E-state index >= 15 is 0 Å². The Hall–Kier alpha value is -2.51. The number of anilines is 1. The third-order valence-corrected chi connectivity index (χ3v) is 4.91. The van der Waals surface area contributed by atoms with Crippen molar-refractivity contribution in [2.45, 2.75) is 6.92 Å². The lowest BCUT2D eigenvalue weighted by Gasteiger charge is -2.07. The van der Waals surface area contributed by atoms with Crippen molar-refractivity contribution in [2.24, 2.45) is 5.73 Å². The van der Waals surface area contributed by atoms with Crippen LogP contribution < -0.4 is 11.1 Å². The highest BCUT2D eigenvalue weighted by molar-refractivity contribution is 7.14. The number of nitrogens with one attached hydrogen (secondary N) is 1. The van der Waals surface area contributed by atoms with Crippen LogP contribution in [0.4, 0.5) is 5.69 Å². The van der Waals surface area contributed by atoms with Crippen molar-refractivity contribution in [1.29, 1.82) is 0 Å². The summed E-state index contributed by atoms with van der Waals surface area (Å²) in [7, 11) is 0. The van der Waals surface area contributed by atoms with Gasteiger partial charge in [0.25, 0.3) is 11.8 Å². The van der Waals surface area contributed by atoms with E-state index in [0.717, 1.165) is 10.6 Å². The minimum atomic E-state index is -0.589. The lowest BCUT2D eigenvalue weighted by molar-refractivity contribution is 0.100. The van der Waals surface area contributed by atoms with Gasteiger partial charge in [0.2, 0.25) is 0 Å². The van der Waals surface area contributed by atoms with Gasteiger partial charge in [0.1, 0.15) is 10.7 Å². The fourth-order valence-electron chi connectivity index (χ4n) is 2.06. The first kappa shape index (κ1) is 15.4. The van der Waals surface area contributed by atoms with Crippen molar-refractivity contribution in [3.05, 3.63) is 57.2 Å². The van der Waals surface area contributed by atoms with Gasteiger partial charge in [0.05, 0.1) is 11.3 Å². The van der Waals surface area contributed by atoms with E-state index in [1.54, 1.807) is 41.0 Å². The van der Waals surface area contributed by atoms with Crippen molar-refractivity contribution in [1.82, 2.24) is 4.98 Å². The number of carbonyl (C=O) groups excluding carboxylic acids is 2. The summed E-state index contributed by atoms with van der Waals surface area (Å²) < 4.78 is 0. The average molecular weight is 343 g/mol. The summed E-state index contributed by atoms with van der Waals surface area (Å²) in [6.45, 7) is 2.02. The second-order valence-corrected chi connectivity index (χ2v) is 6.82. The minimum Gasteiger partial charge on any atom is -0.366 e. The fourth-order valence-corrected chi connectivity index (χ4v) is 3.61. The number of thiophene rings is 1. The van der Waals surface area contributed by atoms with E-state index < -0.39 is 5.91 Å². The Labute approximate surface area is 140 Å². The van der Waals surface area contributed by atoms with E-state index in [1.807, 2.05) is 18.4 Å². The first-order valence-electron chi connectivity index (χ1n) is 6.76. The number of carbonyl (C=O) groups is 2. The predicted molar refractivity (Wildman–Crippen MR) is 93.1 cm³/mol. The second-order valence-electron chi connectivity index (χ2n) is 4.85. The molecule has 0 aliphatic heterocycles. The monoisotopic (exact) mass is 343 g/mol. The van der Waals surface area contributed by atoms with Crippen LogP contribution in [0.25, 0.3) is 10.6 Å². The van der Waals surface area contributed by atoms with Crippen LogP contribution in [0.5, 0.6) is 0 Å². The molecular weight excluding hydrogens is 330 g/mol. The minimum absolute atomic E-state index is 0.268. The molecule has 3 N–H and O–H groups in total. The second kappa shape index (κ2) is 6.31. The molecule has 0 atom stereocenters. The molecular formula is C16H13N3O2S2. The van der Waals surface area contributed by atoms with Crippen LogP contribution in [0.1, 0.15) is 25.7 Å². The standard InChI is InChI=1S/C16H13N3O2S2/c1-9-6-10(7-22-9)16-19-13(8-23-16)15(21)18-12-5-3-2-4-11(12)14(17)20/h2-8H,1H3,(H2,17,20)(H,18,21). The Morgan fingerprint density at radius 2 is 1.96 bits per heavy atom. The number of benzene rings is 1. The molecule has 0 radical (unpaired) electrons. The van der Waals surface area contributed by atoms with Gasteiger partial charge in [0.15, 0.2) is 0 Å². The number of nitrogens with zero attached hydrogens (tertiary/aromatic N) is 1. The molecule has 0 fully saturated rings. The van der Waals surface area contributed by atoms with E-state index in [4.69, 9.17) is 5.73 Å². The number of thiazole rings is 1. The fraction of sp³-hybridized carbons (Fsp3) is 0.0625. The Morgan fingerprint density at radius 3 is 2.65 bits per heavy atom. The first-order chi connectivity index (χ1) is 11.0. The van der Waals surface area contributed by atoms with E-state index in [1.165, 1.54) is 16.2 Å². The maximum atomic E-state index is 12.3. The van der Waals surface area contributed by atoms with Gasteiger partial charge in [0, 0.05) is 21.2 Å². The Balaban J connectivity index is 1.82. The summed E-state index contributed by atoms with van der Waals surface area (Å²) in [6.07, 6.45) is 0. The Kier molecular flexibility index (Phi) is 4.22. The summed E-state index contributed by atoms with van der Waals surface area (Å²) in [5.74, 6) is -0.957. The molecule has 2 heterocycles. The van der Waals surface area contributed by atoms with Crippen LogP contribution in [0, 0.1) is 6.92 Å². The molecule has 3 rings (SSSR count). The number of primary amides is 1. The van der Waals surface area contributed by atoms with Crippen molar-refractivity contribution in [3.63, 3.8) is 0 Å². The van der Waals surface area contributed by atoms with Crippen LogP contribution in [0.3, 0.4) is 0 Å². The Morgan fingerprint density at radius 1 is 1.17 bits per heavy atom. The number of amides is 2. The molecule has 0 saturated carbocycles. The quantitative estimate of drug-likeness (QED) is 0.760. The van der Waals surface area contributed by atoms with Crippen molar-refractivity contribution in [3.8, 4) is 10.6 Å². The van der Waals surface area contributed by atoms with Gasteiger partial charge in [-0.3, -0.25) is 9.59 Å². The van der Waals surface area contributed by atoms with Crippen molar-refractivity contribution >= 4 is 40.2 Å². The van der Waals surface area contributed by atoms with Crippen LogP contribution in [0.15, 0.2) is 41.1 Å². The molecule has 0 saturated heterocycles. The molecule has 7 heteroatoms. The highest BCUT2D eigenvalue weighted by Crippen LogP contribution is 2.28. The van der Waals surface area contributed by atoms with Crippen LogP contribution >= 0.6 is 22.7 Å². The van der Waals surface area contributed by atoms with Gasteiger partial charge in [-0.1, -0.05) is 12.1 Å². The number of hydrogen-bond acceptors (Lipinski definition) is 5. The average Bonchev–Trinajstić information content (AvgIpc) is 3.16. The molecule has 2 amide bonds. The summed E-state index contributed by atoms with van der Waals surface area (Å²) in [6, 6.07) is 8.65. The van der Waals surface area contributed by atoms with Crippen molar-refractivity contribution < 1.29 is 9.59 Å². The largest absolute Gasteiger partial charge is 0.366 e. The predicted octanol–water partition coefficient (Wildman–Crippen LogP) is 3.53. The zero-order chi connectivity index (χ0) is 16.4. The summed E-state index contributed by atoms with van der Waals surface area (Å²) in [5.41, 5.74) is 7.28. The van der Waals surface area contributed by atoms with Crippen LogP contribution in [-0.4, -0.2) is 16.8 Å². The van der Waals surface area contributed by atoms with E-state index in [9.17, 15) is 9.59 Å². The highest BCUT2D eigenvalue weighted by Gasteiger charge is 2.15. The molecule has 5 nitrogen and oxygen atoms in total. The van der Waals surface area contributed by atoms with Gasteiger partial charge in [-0.2, -0.15) is 0 Å². The molecule has 116 valence electrons. The zero-order valence-electron chi connectivity index (χ0n) is 12.2. The lowest BCUT2D eigenvalue weighted by Crippen LogP contribution is -2.18. The number of hydrogen-bond donors (Lipinski definition) is 2. The third-order valence-electron chi connectivity index (χ3n) is 3.16. The van der Waals surface area contributed by atoms with E-state index in [-0.39, 0.29) is 11.5 Å². The number of aromatic nitrogens is 1. The number of aryl methyl sites for hydroxylation is 1. The Bertz CT molecular complexity index is 883. The molecule has 0 aliphatic carbocycles. The van der Waals surface area contributed by atoms with E-state index in [2.05, 4.69) is 10.3 Å². The summed E-state index contributed by atoms with van der Waals surface area (Å²) in [5, 5.41) is 7.19. The van der Waals surface area contributed by atoms with Gasteiger partial charge in [-0.15, -0.1) is 22.7 Å². The molecule has 0 bridgehead atoms. The topological polar surface area (TPSA) is 85.1 Å². The van der Waals surface area contributed by atoms with Gasteiger partial charge >= 0.3 is 0 Å². The molecule has 0 aliphatic rings. The lowest BCUT2D eigenvalue weighted by atomic mass is 10.1. The number of nitrogens with two attached hydrogens (primary N) is 1. The molecule has 1 aromatic carbocycles. The first-order valence-corrected chi connectivity index (χ1v) is 8.52. The van der Waals surface area contributed by atoms with Gasteiger partial charge in [-0.25, -0.2) is 4.98 Å². The van der Waals surface area contributed by atoms with E-state index in [0.29, 0.717) is 11.4 Å². The van der Waals surface area contributed by atoms with Crippen LogP contribution in [-0.2, 0) is 0 Å². The highest BCUT2D eigenvalue weighted by atomic mass is 32.1. The summed E-state index contributed by atoms with van der Waals surface area (Å²) in [4.78, 5) is 29.3. The zero-order valence-corrected chi connectivity index (χ0v) is 13.8. The third kappa shape index (κ3) is 3.30. The molecule has 2 aromatic heterocycles.